The van der Waals surface area contributed by atoms with Gasteiger partial charge in [0.1, 0.15) is 12.7 Å². The zero-order valence-electron chi connectivity index (χ0n) is 14.9. The van der Waals surface area contributed by atoms with Crippen LogP contribution < -0.4 is 5.32 Å². The van der Waals surface area contributed by atoms with E-state index in [9.17, 15) is 4.79 Å². The van der Waals surface area contributed by atoms with Crippen LogP contribution in [0.15, 0.2) is 30.9 Å². The summed E-state index contributed by atoms with van der Waals surface area (Å²) in [5.74, 6) is -0.108. The third kappa shape index (κ3) is 4.30. The number of hydrogen-bond acceptors (Lipinski definition) is 6. The Morgan fingerprint density at radius 1 is 1.30 bits per heavy atom. The van der Waals surface area contributed by atoms with E-state index in [-0.39, 0.29) is 24.8 Å². The molecule has 1 N–H and O–H groups in total. The van der Waals surface area contributed by atoms with Gasteiger partial charge in [0.25, 0.3) is 0 Å². The monoisotopic (exact) mass is 391 g/mol. The van der Waals surface area contributed by atoms with Gasteiger partial charge < -0.3 is 14.8 Å². The number of carbonyl (C=O) groups excluding carboxylic acids is 1. The van der Waals surface area contributed by atoms with Crippen LogP contribution in [-0.2, 0) is 14.3 Å². The lowest BCUT2D eigenvalue weighted by Gasteiger charge is -2.37. The lowest BCUT2D eigenvalue weighted by Crippen LogP contribution is -2.50. The summed E-state index contributed by atoms with van der Waals surface area (Å²) in [5.41, 5.74) is 1.31. The minimum absolute atomic E-state index is 0.108. The third-order valence-electron chi connectivity index (χ3n) is 4.87. The summed E-state index contributed by atoms with van der Waals surface area (Å²) < 4.78 is 12.9. The van der Waals surface area contributed by atoms with E-state index < -0.39 is 0 Å². The van der Waals surface area contributed by atoms with E-state index in [4.69, 9.17) is 21.1 Å². The maximum atomic E-state index is 12.8. The van der Waals surface area contributed by atoms with Crippen LogP contribution in [0.3, 0.4) is 0 Å². The lowest BCUT2D eigenvalue weighted by atomic mass is 10.0. The van der Waals surface area contributed by atoms with Gasteiger partial charge in [0, 0.05) is 5.02 Å². The van der Waals surface area contributed by atoms with Crippen molar-refractivity contribution in [2.75, 3.05) is 31.6 Å². The van der Waals surface area contributed by atoms with E-state index in [0.717, 1.165) is 25.8 Å². The molecule has 144 valence electrons. The summed E-state index contributed by atoms with van der Waals surface area (Å²) in [6, 6.07) is 5.38. The first-order valence-corrected chi connectivity index (χ1v) is 9.50. The maximum Gasteiger partial charge on any atom is 0.238 e. The fourth-order valence-electron chi connectivity index (χ4n) is 3.64. The topological polar surface area (TPSA) is 81.5 Å². The molecule has 0 aliphatic carbocycles. The Hall–Kier alpha value is -2.00. The molecule has 2 aliphatic heterocycles. The number of rotatable bonds is 5. The van der Waals surface area contributed by atoms with Gasteiger partial charge in [-0.05, 0) is 37.6 Å². The van der Waals surface area contributed by atoms with Crippen molar-refractivity contribution >= 4 is 23.2 Å². The summed E-state index contributed by atoms with van der Waals surface area (Å²) in [6.45, 7) is 2.36. The first-order valence-electron chi connectivity index (χ1n) is 9.12. The number of carbonyl (C=O) groups is 1. The van der Waals surface area contributed by atoms with E-state index in [1.807, 2.05) is 0 Å². The van der Waals surface area contributed by atoms with E-state index in [0.29, 0.717) is 29.6 Å². The van der Waals surface area contributed by atoms with Crippen LogP contribution in [0.2, 0.25) is 5.02 Å². The van der Waals surface area contributed by atoms with Gasteiger partial charge >= 0.3 is 0 Å². The van der Waals surface area contributed by atoms with Crippen LogP contribution in [0.5, 0.6) is 0 Å². The number of nitrogens with one attached hydrogen (secondary N) is 1. The molecule has 9 heteroatoms. The molecular formula is C18H22ClN5O3. The molecule has 0 radical (unpaired) electrons. The van der Waals surface area contributed by atoms with Crippen LogP contribution in [-0.4, -0.2) is 64.2 Å². The molecular weight excluding hydrogens is 370 g/mol. The van der Waals surface area contributed by atoms with Crippen LogP contribution in [0.25, 0.3) is 5.69 Å². The largest absolute Gasteiger partial charge is 0.349 e. The van der Waals surface area contributed by atoms with Gasteiger partial charge in [-0.15, -0.1) is 0 Å². The second-order valence-electron chi connectivity index (χ2n) is 6.69. The fourth-order valence-corrected chi connectivity index (χ4v) is 3.81. The van der Waals surface area contributed by atoms with Crippen LogP contribution in [0.4, 0.5) is 5.69 Å². The minimum Gasteiger partial charge on any atom is -0.349 e. The standard InChI is InChI=1S/C18H22ClN5O3/c19-13-4-5-15(24-12-20-11-21-24)14(9-13)22-17(25)10-23-6-2-1-3-16(23)18-26-7-8-27-18/h4-5,9,11-12,16,18H,1-3,6-8,10H2,(H,22,25). The number of nitrogens with zero attached hydrogens (tertiary/aromatic N) is 4. The second-order valence-corrected chi connectivity index (χ2v) is 7.13. The first kappa shape index (κ1) is 18.4. The van der Waals surface area contributed by atoms with Gasteiger partial charge in [-0.1, -0.05) is 18.0 Å². The molecule has 2 aromatic rings. The van der Waals surface area contributed by atoms with Crippen LogP contribution in [0, 0.1) is 0 Å². The van der Waals surface area contributed by atoms with Crippen molar-refractivity contribution in [3.8, 4) is 5.69 Å². The van der Waals surface area contributed by atoms with Crippen molar-refractivity contribution in [3.63, 3.8) is 0 Å². The molecule has 2 fully saturated rings. The van der Waals surface area contributed by atoms with Gasteiger partial charge in [0.2, 0.25) is 5.91 Å². The Kier molecular flexibility index (Phi) is 5.68. The summed E-state index contributed by atoms with van der Waals surface area (Å²) in [5, 5.41) is 7.63. The quantitative estimate of drug-likeness (QED) is 0.840. The Balaban J connectivity index is 1.47. The highest BCUT2D eigenvalue weighted by Crippen LogP contribution is 2.26. The average Bonchev–Trinajstić information content (AvgIpc) is 3.36. The minimum atomic E-state index is -0.241. The van der Waals surface area contributed by atoms with Crippen molar-refractivity contribution in [3.05, 3.63) is 35.9 Å². The molecule has 4 rings (SSSR count). The van der Waals surface area contributed by atoms with Crippen molar-refractivity contribution in [1.82, 2.24) is 19.7 Å². The highest BCUT2D eigenvalue weighted by Gasteiger charge is 2.34. The smallest absolute Gasteiger partial charge is 0.238 e. The molecule has 1 atom stereocenters. The summed E-state index contributed by atoms with van der Waals surface area (Å²) in [4.78, 5) is 18.9. The van der Waals surface area contributed by atoms with E-state index in [1.165, 1.54) is 6.33 Å². The number of piperidine rings is 1. The van der Waals surface area contributed by atoms with Crippen molar-refractivity contribution in [2.24, 2.45) is 0 Å². The summed E-state index contributed by atoms with van der Waals surface area (Å²) in [6.07, 6.45) is 5.94. The van der Waals surface area contributed by atoms with Crippen molar-refractivity contribution in [1.29, 1.82) is 0 Å². The number of halogens is 1. The SMILES string of the molecule is O=C(CN1CCCCC1C1OCCO1)Nc1cc(Cl)ccc1-n1cncn1. The number of anilines is 1. The molecule has 2 saturated heterocycles. The average molecular weight is 392 g/mol. The van der Waals surface area contributed by atoms with Gasteiger partial charge in [0.05, 0.1) is 37.2 Å². The highest BCUT2D eigenvalue weighted by atomic mass is 35.5. The van der Waals surface area contributed by atoms with E-state index in [1.54, 1.807) is 29.2 Å². The normalized spacial score (nSPS) is 21.4. The molecule has 1 aromatic carbocycles. The number of ether oxygens (including phenoxy) is 2. The Morgan fingerprint density at radius 2 is 2.15 bits per heavy atom. The number of benzene rings is 1. The Labute approximate surface area is 162 Å². The van der Waals surface area contributed by atoms with Crippen LogP contribution >= 0.6 is 11.6 Å². The molecule has 0 saturated carbocycles. The molecule has 27 heavy (non-hydrogen) atoms. The Morgan fingerprint density at radius 3 is 2.93 bits per heavy atom. The van der Waals surface area contributed by atoms with E-state index in [2.05, 4.69) is 20.3 Å². The zero-order valence-corrected chi connectivity index (χ0v) is 15.6. The molecule has 0 bridgehead atoms. The lowest BCUT2D eigenvalue weighted by molar-refractivity contribution is -0.127. The van der Waals surface area contributed by atoms with Gasteiger partial charge in [0.15, 0.2) is 6.29 Å². The number of likely N-dealkylation sites (tertiary alicyclic amines) is 1. The van der Waals surface area contributed by atoms with Crippen molar-refractivity contribution in [2.45, 2.75) is 31.6 Å². The number of aromatic nitrogens is 3. The van der Waals surface area contributed by atoms with Gasteiger partial charge in [-0.2, -0.15) is 5.10 Å². The number of amides is 1. The van der Waals surface area contributed by atoms with Crippen LogP contribution in [0.1, 0.15) is 19.3 Å². The van der Waals surface area contributed by atoms with E-state index >= 15 is 0 Å². The first-order chi connectivity index (χ1) is 13.2. The molecule has 1 aromatic heterocycles. The molecule has 2 aliphatic rings. The zero-order chi connectivity index (χ0) is 18.6. The van der Waals surface area contributed by atoms with Crippen molar-refractivity contribution < 1.29 is 14.3 Å². The summed E-state index contributed by atoms with van der Waals surface area (Å²) in [7, 11) is 0. The molecule has 0 spiro atoms. The highest BCUT2D eigenvalue weighted by molar-refractivity contribution is 6.31. The van der Waals surface area contributed by atoms with Gasteiger partial charge in [-0.3, -0.25) is 9.69 Å². The fraction of sp³-hybridized carbons (Fsp3) is 0.500. The van der Waals surface area contributed by atoms with Gasteiger partial charge in [-0.25, -0.2) is 9.67 Å². The summed E-state index contributed by atoms with van der Waals surface area (Å²) >= 11 is 6.12. The second kappa shape index (κ2) is 8.35. The Bertz CT molecular complexity index is 779. The molecule has 1 amide bonds. The number of hydrogen-bond donors (Lipinski definition) is 1. The predicted molar refractivity (Wildman–Crippen MR) is 99.9 cm³/mol. The molecule has 3 heterocycles. The molecule has 8 nitrogen and oxygen atoms in total. The predicted octanol–water partition coefficient (Wildman–Crippen LogP) is 2.09. The molecule has 1 unspecified atom stereocenters. The third-order valence-corrected chi connectivity index (χ3v) is 5.11. The maximum absolute atomic E-state index is 12.8.